The van der Waals surface area contributed by atoms with Crippen LogP contribution in [0.15, 0.2) is 47.3 Å². The monoisotopic (exact) mass is 367 g/mol. The molecule has 1 N–H and O–H groups in total. The summed E-state index contributed by atoms with van der Waals surface area (Å²) in [6, 6.07) is 13.6. The van der Waals surface area contributed by atoms with Crippen LogP contribution < -0.4 is 10.6 Å². The highest BCUT2D eigenvalue weighted by Gasteiger charge is 2.29. The highest BCUT2D eigenvalue weighted by molar-refractivity contribution is 6.32. The molecule has 6 heteroatoms. The normalized spacial score (nSPS) is 17.5. The van der Waals surface area contributed by atoms with E-state index in [1.165, 1.54) is 18.4 Å². The molecule has 2 fully saturated rings. The van der Waals surface area contributed by atoms with Crippen LogP contribution in [0.5, 0.6) is 0 Å². The molecule has 0 bridgehead atoms. The maximum Gasteiger partial charge on any atom is 0.354 e. The van der Waals surface area contributed by atoms with E-state index in [2.05, 4.69) is 17.1 Å². The van der Waals surface area contributed by atoms with Crippen molar-refractivity contribution in [2.75, 3.05) is 18.0 Å². The van der Waals surface area contributed by atoms with Crippen LogP contribution in [-0.4, -0.2) is 33.9 Å². The molecular weight excluding hydrogens is 350 g/mol. The van der Waals surface area contributed by atoms with Crippen LogP contribution in [-0.2, 0) is 0 Å². The van der Waals surface area contributed by atoms with E-state index >= 15 is 0 Å². The number of anilines is 1. The van der Waals surface area contributed by atoms with Gasteiger partial charge in [0.1, 0.15) is 5.82 Å². The van der Waals surface area contributed by atoms with Crippen LogP contribution in [0.3, 0.4) is 0 Å². The number of hydrogen-bond acceptors (Lipinski definition) is 4. The third-order valence-electron chi connectivity index (χ3n) is 5.20. The highest BCUT2D eigenvalue weighted by Crippen LogP contribution is 2.41. The summed E-state index contributed by atoms with van der Waals surface area (Å²) >= 11 is 6.37. The van der Waals surface area contributed by atoms with Gasteiger partial charge in [0.15, 0.2) is 0 Å². The molecule has 0 amide bonds. The van der Waals surface area contributed by atoms with Crippen molar-refractivity contribution in [1.29, 1.82) is 0 Å². The van der Waals surface area contributed by atoms with Gasteiger partial charge in [0.2, 0.25) is 0 Å². The molecule has 0 unspecified atom stereocenters. The molecule has 1 saturated heterocycles. The average Bonchev–Trinajstić information content (AvgIpc) is 3.44. The first-order chi connectivity index (χ1) is 12.6. The van der Waals surface area contributed by atoms with Crippen LogP contribution in [0.25, 0.3) is 16.6 Å². The van der Waals surface area contributed by atoms with Crippen molar-refractivity contribution in [1.82, 2.24) is 9.55 Å². The van der Waals surface area contributed by atoms with Gasteiger partial charge < -0.3 is 10.0 Å². The Morgan fingerprint density at radius 2 is 1.88 bits per heavy atom. The molecule has 0 radical (unpaired) electrons. The van der Waals surface area contributed by atoms with E-state index in [0.717, 1.165) is 10.9 Å². The molecule has 3 aromatic rings. The Kier molecular flexibility index (Phi) is 3.55. The Hall–Kier alpha value is -2.37. The van der Waals surface area contributed by atoms with E-state index in [9.17, 15) is 9.90 Å². The van der Waals surface area contributed by atoms with Gasteiger partial charge in [-0.3, -0.25) is 4.57 Å². The molecule has 1 aliphatic carbocycles. The lowest BCUT2D eigenvalue weighted by Gasteiger charge is -2.37. The number of nitrogens with zero attached hydrogens (tertiary/aromatic N) is 3. The highest BCUT2D eigenvalue weighted by atomic mass is 35.5. The largest absolute Gasteiger partial charge is 0.389 e. The predicted octanol–water partition coefficient (Wildman–Crippen LogP) is 3.10. The zero-order valence-electron chi connectivity index (χ0n) is 14.1. The molecule has 2 heterocycles. The Balaban J connectivity index is 1.80. The molecule has 2 aliphatic rings. The third-order valence-corrected chi connectivity index (χ3v) is 5.52. The van der Waals surface area contributed by atoms with Crippen molar-refractivity contribution in [3.05, 3.63) is 63.5 Å². The molecule has 2 aromatic carbocycles. The quantitative estimate of drug-likeness (QED) is 0.772. The minimum Gasteiger partial charge on any atom is -0.389 e. The fourth-order valence-electron chi connectivity index (χ4n) is 3.63. The third kappa shape index (κ3) is 2.50. The van der Waals surface area contributed by atoms with Gasteiger partial charge in [0, 0.05) is 18.5 Å². The van der Waals surface area contributed by atoms with Crippen molar-refractivity contribution in [2.45, 2.75) is 24.9 Å². The zero-order chi connectivity index (χ0) is 17.8. The van der Waals surface area contributed by atoms with Crippen molar-refractivity contribution in [3.8, 4) is 5.69 Å². The van der Waals surface area contributed by atoms with Crippen LogP contribution >= 0.6 is 11.6 Å². The van der Waals surface area contributed by atoms with E-state index in [-0.39, 0.29) is 11.8 Å². The molecule has 0 atom stereocenters. The van der Waals surface area contributed by atoms with Crippen molar-refractivity contribution in [3.63, 3.8) is 0 Å². The Bertz CT molecular complexity index is 1070. The number of aliphatic hydroxyl groups excluding tert-OH is 1. The van der Waals surface area contributed by atoms with Gasteiger partial charge in [0.25, 0.3) is 0 Å². The second-order valence-electron chi connectivity index (χ2n) is 7.11. The summed E-state index contributed by atoms with van der Waals surface area (Å²) in [6.07, 6.45) is 2.03. The standard InChI is InChI=1S/C20H18ClN3O2/c21-16-3-1-2-4-17(16)24-18-9-13(12-5-6-12)7-8-15(18)19(22-20(24)26)23-10-14(25)11-23/h1-4,7-9,12,14,25H,5-6,10-11H2. The van der Waals surface area contributed by atoms with E-state index in [1.807, 2.05) is 29.2 Å². The van der Waals surface area contributed by atoms with Crippen LogP contribution in [0.4, 0.5) is 5.82 Å². The second-order valence-corrected chi connectivity index (χ2v) is 7.52. The number of aromatic nitrogens is 2. The number of rotatable bonds is 3. The topological polar surface area (TPSA) is 58.4 Å². The van der Waals surface area contributed by atoms with Gasteiger partial charge in [-0.15, -0.1) is 0 Å². The van der Waals surface area contributed by atoms with Crippen molar-refractivity contribution in [2.24, 2.45) is 0 Å². The predicted molar refractivity (Wildman–Crippen MR) is 103 cm³/mol. The maximum atomic E-state index is 12.9. The first kappa shape index (κ1) is 15.9. The van der Waals surface area contributed by atoms with Gasteiger partial charge in [-0.2, -0.15) is 4.98 Å². The molecule has 26 heavy (non-hydrogen) atoms. The van der Waals surface area contributed by atoms with E-state index < -0.39 is 0 Å². The lowest BCUT2D eigenvalue weighted by molar-refractivity contribution is 0.141. The molecule has 5 nitrogen and oxygen atoms in total. The number of halogens is 1. The first-order valence-electron chi connectivity index (χ1n) is 8.86. The SMILES string of the molecule is O=c1nc(N2CC(O)C2)c2ccc(C3CC3)cc2n1-c1ccccc1Cl. The number of benzene rings is 2. The first-order valence-corrected chi connectivity index (χ1v) is 9.24. The number of fused-ring (bicyclic) bond motifs is 1. The second kappa shape index (κ2) is 5.83. The van der Waals surface area contributed by atoms with E-state index in [0.29, 0.717) is 35.5 Å². The van der Waals surface area contributed by atoms with Crippen LogP contribution in [0.2, 0.25) is 5.02 Å². The maximum absolute atomic E-state index is 12.9. The van der Waals surface area contributed by atoms with Crippen molar-refractivity contribution >= 4 is 28.3 Å². The smallest absolute Gasteiger partial charge is 0.354 e. The molecule has 5 rings (SSSR count). The summed E-state index contributed by atoms with van der Waals surface area (Å²) < 4.78 is 1.60. The summed E-state index contributed by atoms with van der Waals surface area (Å²) in [4.78, 5) is 19.2. The van der Waals surface area contributed by atoms with Gasteiger partial charge >= 0.3 is 5.69 Å². The summed E-state index contributed by atoms with van der Waals surface area (Å²) in [5, 5.41) is 11.1. The minimum atomic E-state index is -0.358. The zero-order valence-corrected chi connectivity index (χ0v) is 14.9. The van der Waals surface area contributed by atoms with Gasteiger partial charge in [-0.1, -0.05) is 29.8 Å². The molecule has 1 aliphatic heterocycles. The Labute approximate surface area is 155 Å². The lowest BCUT2D eigenvalue weighted by atomic mass is 10.1. The summed E-state index contributed by atoms with van der Waals surface area (Å²) in [7, 11) is 0. The Morgan fingerprint density at radius 1 is 1.12 bits per heavy atom. The van der Waals surface area contributed by atoms with Gasteiger partial charge in [-0.05, 0) is 48.6 Å². The van der Waals surface area contributed by atoms with Gasteiger partial charge in [0.05, 0.1) is 22.3 Å². The van der Waals surface area contributed by atoms with Gasteiger partial charge in [-0.25, -0.2) is 4.79 Å². The minimum absolute atomic E-state index is 0.352. The van der Waals surface area contributed by atoms with Crippen LogP contribution in [0.1, 0.15) is 24.3 Å². The number of para-hydroxylation sites is 1. The molecule has 1 aromatic heterocycles. The fourth-order valence-corrected chi connectivity index (χ4v) is 3.85. The van der Waals surface area contributed by atoms with Crippen LogP contribution in [0, 0.1) is 0 Å². The summed E-state index contributed by atoms with van der Waals surface area (Å²) in [5.74, 6) is 1.22. The number of hydrogen-bond donors (Lipinski definition) is 1. The summed E-state index contributed by atoms with van der Waals surface area (Å²) in [5.41, 5.74) is 2.35. The molecule has 0 spiro atoms. The van der Waals surface area contributed by atoms with Crippen molar-refractivity contribution < 1.29 is 5.11 Å². The fraction of sp³-hybridized carbons (Fsp3) is 0.300. The number of β-amino-alcohol motifs (C(OH)–C–C–N with tert-alkyl or cyclic N) is 1. The number of aliphatic hydroxyl groups is 1. The molecular formula is C20H18ClN3O2. The molecule has 132 valence electrons. The van der Waals surface area contributed by atoms with E-state index in [4.69, 9.17) is 11.6 Å². The summed E-state index contributed by atoms with van der Waals surface area (Å²) in [6.45, 7) is 1.00. The van der Waals surface area contributed by atoms with E-state index in [1.54, 1.807) is 10.6 Å². The molecule has 1 saturated carbocycles. The average molecular weight is 368 g/mol. The Morgan fingerprint density at radius 3 is 2.58 bits per heavy atom. The lowest BCUT2D eigenvalue weighted by Crippen LogP contribution is -2.51.